The standard InChI is InChI=1S/C11H12Cl2N4O2S/c1-6-11(10(5-14)16-15-6)20(18,19)17-9-3-2-7(12)4-8(9)13/h2-4,17H,5,14H2,1H3,(H,15,16). The molecule has 0 bridgehead atoms. The van der Waals surface area contributed by atoms with E-state index in [1.54, 1.807) is 6.92 Å². The lowest BCUT2D eigenvalue weighted by atomic mass is 10.3. The number of rotatable bonds is 4. The van der Waals surface area contributed by atoms with E-state index in [0.29, 0.717) is 10.7 Å². The minimum absolute atomic E-state index is 0.00886. The van der Waals surface area contributed by atoms with Gasteiger partial charge in [0.05, 0.1) is 22.1 Å². The number of nitrogens with two attached hydrogens (primary N) is 1. The number of nitrogens with one attached hydrogen (secondary N) is 2. The molecule has 0 radical (unpaired) electrons. The largest absolute Gasteiger partial charge is 0.325 e. The fourth-order valence-electron chi connectivity index (χ4n) is 1.73. The Balaban J connectivity index is 2.43. The fourth-order valence-corrected chi connectivity index (χ4v) is 3.70. The second-order valence-electron chi connectivity index (χ2n) is 4.06. The van der Waals surface area contributed by atoms with Gasteiger partial charge in [-0.15, -0.1) is 0 Å². The molecule has 0 unspecified atom stereocenters. The molecule has 0 atom stereocenters. The molecule has 1 heterocycles. The zero-order valence-corrected chi connectivity index (χ0v) is 12.8. The van der Waals surface area contributed by atoms with E-state index in [1.807, 2.05) is 0 Å². The SMILES string of the molecule is Cc1[nH]nc(CN)c1S(=O)(=O)Nc1ccc(Cl)cc1Cl. The summed E-state index contributed by atoms with van der Waals surface area (Å²) in [6.45, 7) is 1.61. The molecule has 0 fully saturated rings. The minimum Gasteiger partial charge on any atom is -0.325 e. The highest BCUT2D eigenvalue weighted by Gasteiger charge is 2.24. The molecule has 1 aromatic carbocycles. The van der Waals surface area contributed by atoms with Gasteiger partial charge in [0.15, 0.2) is 0 Å². The van der Waals surface area contributed by atoms with Crippen molar-refractivity contribution in [3.05, 3.63) is 39.6 Å². The lowest BCUT2D eigenvalue weighted by Gasteiger charge is -2.10. The maximum Gasteiger partial charge on any atom is 0.265 e. The van der Waals surface area contributed by atoms with Gasteiger partial charge in [-0.25, -0.2) is 8.42 Å². The Labute approximate surface area is 126 Å². The Morgan fingerprint density at radius 3 is 2.70 bits per heavy atom. The maximum absolute atomic E-state index is 12.4. The molecule has 0 aliphatic rings. The molecule has 2 aromatic rings. The van der Waals surface area contributed by atoms with Crippen molar-refractivity contribution in [1.29, 1.82) is 0 Å². The minimum atomic E-state index is -3.83. The van der Waals surface area contributed by atoms with Crippen LogP contribution in [0.1, 0.15) is 11.4 Å². The van der Waals surface area contributed by atoms with Crippen molar-refractivity contribution >= 4 is 38.9 Å². The number of sulfonamides is 1. The van der Waals surface area contributed by atoms with Gasteiger partial charge in [-0.2, -0.15) is 5.10 Å². The van der Waals surface area contributed by atoms with E-state index in [4.69, 9.17) is 28.9 Å². The smallest absolute Gasteiger partial charge is 0.265 e. The first-order valence-electron chi connectivity index (χ1n) is 5.57. The van der Waals surface area contributed by atoms with E-state index in [1.165, 1.54) is 18.2 Å². The summed E-state index contributed by atoms with van der Waals surface area (Å²) in [4.78, 5) is 0.0333. The van der Waals surface area contributed by atoms with Crippen LogP contribution in [-0.2, 0) is 16.6 Å². The summed E-state index contributed by atoms with van der Waals surface area (Å²) < 4.78 is 27.2. The molecule has 0 spiro atoms. The Hall–Kier alpha value is -1.28. The highest BCUT2D eigenvalue weighted by Crippen LogP contribution is 2.28. The number of aromatic nitrogens is 2. The monoisotopic (exact) mass is 334 g/mol. The van der Waals surface area contributed by atoms with Crippen LogP contribution in [0.4, 0.5) is 5.69 Å². The molecule has 9 heteroatoms. The van der Waals surface area contributed by atoms with Crippen LogP contribution in [0, 0.1) is 6.92 Å². The van der Waals surface area contributed by atoms with Gasteiger partial charge in [0, 0.05) is 11.6 Å². The van der Waals surface area contributed by atoms with Crippen molar-refractivity contribution in [2.24, 2.45) is 5.73 Å². The van der Waals surface area contributed by atoms with Crippen LogP contribution in [0.25, 0.3) is 0 Å². The topological polar surface area (TPSA) is 101 Å². The van der Waals surface area contributed by atoms with Crippen LogP contribution < -0.4 is 10.5 Å². The number of halogens is 2. The number of hydrogen-bond acceptors (Lipinski definition) is 4. The summed E-state index contributed by atoms with van der Waals surface area (Å²) >= 11 is 11.7. The van der Waals surface area contributed by atoms with Gasteiger partial charge in [-0.05, 0) is 25.1 Å². The molecule has 0 aliphatic carbocycles. The van der Waals surface area contributed by atoms with E-state index >= 15 is 0 Å². The van der Waals surface area contributed by atoms with Crippen LogP contribution in [0.3, 0.4) is 0 Å². The highest BCUT2D eigenvalue weighted by atomic mass is 35.5. The van der Waals surface area contributed by atoms with Gasteiger partial charge in [-0.3, -0.25) is 9.82 Å². The van der Waals surface area contributed by atoms with E-state index in [0.717, 1.165) is 0 Å². The van der Waals surface area contributed by atoms with Crippen LogP contribution in [0.2, 0.25) is 10.0 Å². The van der Waals surface area contributed by atoms with E-state index in [2.05, 4.69) is 14.9 Å². The third-order valence-corrected chi connectivity index (χ3v) is 4.71. The van der Waals surface area contributed by atoms with Crippen molar-refractivity contribution in [1.82, 2.24) is 10.2 Å². The second-order valence-corrected chi connectivity index (χ2v) is 6.52. The van der Waals surface area contributed by atoms with Gasteiger partial charge in [0.1, 0.15) is 4.90 Å². The summed E-state index contributed by atoms with van der Waals surface area (Å²) in [7, 11) is -3.83. The van der Waals surface area contributed by atoms with Gasteiger partial charge in [0.25, 0.3) is 10.0 Å². The molecule has 0 aliphatic heterocycles. The maximum atomic E-state index is 12.4. The predicted molar refractivity (Wildman–Crippen MR) is 78.5 cm³/mol. The number of benzene rings is 1. The number of aryl methyl sites for hydroxylation is 1. The number of anilines is 1. The molecule has 1 aromatic heterocycles. The summed E-state index contributed by atoms with van der Waals surface area (Å²) in [6.07, 6.45) is 0. The van der Waals surface area contributed by atoms with Gasteiger partial charge >= 0.3 is 0 Å². The quantitative estimate of drug-likeness (QED) is 0.798. The molecule has 0 amide bonds. The average molecular weight is 335 g/mol. The first-order chi connectivity index (χ1) is 9.35. The Bertz CT molecular complexity index is 743. The lowest BCUT2D eigenvalue weighted by Crippen LogP contribution is -2.16. The summed E-state index contributed by atoms with van der Waals surface area (Å²) in [5, 5.41) is 7.08. The third-order valence-electron chi connectivity index (χ3n) is 2.60. The molecule has 20 heavy (non-hydrogen) atoms. The predicted octanol–water partition coefficient (Wildman–Crippen LogP) is 2.28. The average Bonchev–Trinajstić information content (AvgIpc) is 2.75. The van der Waals surface area contributed by atoms with Crippen LogP contribution in [-0.4, -0.2) is 18.6 Å². The second kappa shape index (κ2) is 5.61. The molecule has 6 nitrogen and oxygen atoms in total. The first kappa shape index (κ1) is 15.1. The van der Waals surface area contributed by atoms with Crippen LogP contribution in [0.15, 0.2) is 23.1 Å². The van der Waals surface area contributed by atoms with Gasteiger partial charge in [-0.1, -0.05) is 23.2 Å². The molecular weight excluding hydrogens is 323 g/mol. The van der Waals surface area contributed by atoms with Crippen LogP contribution >= 0.6 is 23.2 Å². The van der Waals surface area contributed by atoms with E-state index in [9.17, 15) is 8.42 Å². The molecule has 2 rings (SSSR count). The summed E-state index contributed by atoms with van der Waals surface area (Å²) in [5.41, 5.74) is 6.39. The Kier molecular flexibility index (Phi) is 4.24. The molecule has 0 saturated heterocycles. The normalized spacial score (nSPS) is 11.6. The van der Waals surface area contributed by atoms with Crippen molar-refractivity contribution in [2.75, 3.05) is 4.72 Å². The van der Waals surface area contributed by atoms with E-state index < -0.39 is 10.0 Å². The Morgan fingerprint density at radius 2 is 2.10 bits per heavy atom. The number of H-pyrrole nitrogens is 1. The molecule has 108 valence electrons. The number of aromatic amines is 1. The van der Waals surface area contributed by atoms with Gasteiger partial charge < -0.3 is 5.73 Å². The van der Waals surface area contributed by atoms with Crippen LogP contribution in [0.5, 0.6) is 0 Å². The Morgan fingerprint density at radius 1 is 1.40 bits per heavy atom. The molecule has 4 N–H and O–H groups in total. The number of hydrogen-bond donors (Lipinski definition) is 3. The van der Waals surface area contributed by atoms with Gasteiger partial charge in [0.2, 0.25) is 0 Å². The fraction of sp³-hybridized carbons (Fsp3) is 0.182. The highest BCUT2D eigenvalue weighted by molar-refractivity contribution is 7.92. The third kappa shape index (κ3) is 2.90. The van der Waals surface area contributed by atoms with Crippen molar-refractivity contribution in [3.63, 3.8) is 0 Å². The lowest BCUT2D eigenvalue weighted by molar-refractivity contribution is 0.599. The summed E-state index contributed by atoms with van der Waals surface area (Å²) in [6, 6.07) is 4.48. The van der Waals surface area contributed by atoms with Crippen molar-refractivity contribution in [3.8, 4) is 0 Å². The van der Waals surface area contributed by atoms with Crippen molar-refractivity contribution in [2.45, 2.75) is 18.4 Å². The first-order valence-corrected chi connectivity index (χ1v) is 7.81. The molecule has 0 saturated carbocycles. The van der Waals surface area contributed by atoms with Crippen molar-refractivity contribution < 1.29 is 8.42 Å². The zero-order valence-electron chi connectivity index (χ0n) is 10.4. The molecular formula is C11H12Cl2N4O2S. The summed E-state index contributed by atoms with van der Waals surface area (Å²) in [5.74, 6) is 0. The van der Waals surface area contributed by atoms with E-state index in [-0.39, 0.29) is 27.8 Å². The number of nitrogens with zero attached hydrogens (tertiary/aromatic N) is 1. The zero-order chi connectivity index (χ0) is 14.9.